The molecule has 1 radical (unpaired) electrons. The van der Waals surface area contributed by atoms with Crippen LogP contribution in [-0.4, -0.2) is 14.8 Å². The first-order valence-electron chi connectivity index (χ1n) is 3.89. The summed E-state index contributed by atoms with van der Waals surface area (Å²) >= 11 is 17.6. The molecule has 0 amide bonds. The number of hydrogen-bond acceptors (Lipinski definition) is 0. The Kier molecular flexibility index (Phi) is 3.89. The Hall–Kier alpha value is 0.524. The largest absolute Gasteiger partial charge is 0.372 e. The van der Waals surface area contributed by atoms with Gasteiger partial charge in [0, 0.05) is 0 Å². The van der Waals surface area contributed by atoms with Gasteiger partial charge in [0.15, 0.2) is 0 Å². The van der Waals surface area contributed by atoms with Crippen molar-refractivity contribution in [3.05, 3.63) is 24.3 Å². The van der Waals surface area contributed by atoms with E-state index in [2.05, 4.69) is 25.2 Å². The zero-order chi connectivity index (χ0) is 10.1. The summed E-state index contributed by atoms with van der Waals surface area (Å²) in [6, 6.07) is 5.35. The lowest BCUT2D eigenvalue weighted by atomic mass is 10.4. The third-order valence-electron chi connectivity index (χ3n) is 1.79. The van der Waals surface area contributed by atoms with E-state index in [0.717, 1.165) is 5.19 Å². The molecule has 0 N–H and O–H groups in total. The Balaban J connectivity index is 2.94. The van der Waals surface area contributed by atoms with Crippen molar-refractivity contribution in [3.8, 4) is 0 Å². The number of hydrogen-bond donors (Lipinski definition) is 0. The molecule has 13 heavy (non-hydrogen) atoms. The number of rotatable bonds is 2. The van der Waals surface area contributed by atoms with Gasteiger partial charge >= 0.3 is 6.00 Å². The van der Waals surface area contributed by atoms with Crippen LogP contribution in [-0.2, 0) is 0 Å². The van der Waals surface area contributed by atoms with Crippen LogP contribution < -0.4 is 10.4 Å². The molecule has 0 bridgehead atoms. The van der Waals surface area contributed by atoms with Gasteiger partial charge < -0.3 is 0 Å². The van der Waals surface area contributed by atoms with E-state index in [1.54, 1.807) is 0 Å². The van der Waals surface area contributed by atoms with E-state index in [1.807, 2.05) is 12.1 Å². The molecule has 1 rings (SSSR count). The molecule has 0 nitrogen and oxygen atoms in total. The van der Waals surface area contributed by atoms with Crippen LogP contribution >= 0.6 is 33.2 Å². The summed E-state index contributed by atoms with van der Waals surface area (Å²) in [6.07, 6.45) is 0. The lowest BCUT2D eigenvalue weighted by Crippen LogP contribution is -2.32. The van der Waals surface area contributed by atoms with E-state index in [4.69, 9.17) is 33.2 Å². The summed E-state index contributed by atoms with van der Waals surface area (Å²) in [5.74, 6) is 0. The second kappa shape index (κ2) is 4.36. The van der Waals surface area contributed by atoms with Gasteiger partial charge in [0.05, 0.1) is 8.80 Å². The predicted octanol–water partition coefficient (Wildman–Crippen LogP) is 2.51. The van der Waals surface area contributed by atoms with Crippen molar-refractivity contribution in [2.45, 2.75) is 13.1 Å². The molecular weight excluding hydrogens is 259 g/mol. The number of halogens is 3. The van der Waals surface area contributed by atoms with Gasteiger partial charge in [-0.25, -0.2) is 0 Å². The second-order valence-corrected chi connectivity index (χ2v) is 14.1. The highest BCUT2D eigenvalue weighted by Crippen LogP contribution is 2.18. The quantitative estimate of drug-likeness (QED) is 0.571. The van der Waals surface area contributed by atoms with Crippen LogP contribution in [0, 0.1) is 0 Å². The molecule has 0 saturated carbocycles. The summed E-state index contributed by atoms with van der Waals surface area (Å²) in [5.41, 5.74) is 0. The molecular formula is C8H10Cl3Si2. The molecule has 1 aromatic carbocycles. The molecule has 0 aliphatic rings. The van der Waals surface area contributed by atoms with Crippen LogP contribution in [0.4, 0.5) is 0 Å². The molecule has 0 heterocycles. The lowest BCUT2D eigenvalue weighted by molar-refractivity contribution is 1.79. The molecule has 71 valence electrons. The maximum Gasteiger partial charge on any atom is 0.372 e. The minimum atomic E-state index is -2.66. The standard InChI is InChI=1S/C8H10Cl3Si2/c1-12(2)7-3-5-8(6-4-7)13(9,10)11/h3-6H,1-2H3. The third-order valence-corrected chi connectivity index (χ3v) is 6.23. The maximum atomic E-state index is 5.87. The summed E-state index contributed by atoms with van der Waals surface area (Å²) < 4.78 is 0. The van der Waals surface area contributed by atoms with Crippen molar-refractivity contribution in [2.24, 2.45) is 0 Å². The SMILES string of the molecule is C[Si](C)c1ccc([Si](Cl)(Cl)Cl)cc1. The fourth-order valence-electron chi connectivity index (χ4n) is 0.993. The smallest absolute Gasteiger partial charge is 0.121 e. The molecule has 0 aliphatic heterocycles. The van der Waals surface area contributed by atoms with E-state index >= 15 is 0 Å². The van der Waals surface area contributed by atoms with Crippen molar-refractivity contribution in [3.63, 3.8) is 0 Å². The predicted molar refractivity (Wildman–Crippen MR) is 66.5 cm³/mol. The van der Waals surface area contributed by atoms with Crippen LogP contribution in [0.15, 0.2) is 24.3 Å². The molecule has 0 fully saturated rings. The normalized spacial score (nSPS) is 12.2. The van der Waals surface area contributed by atoms with E-state index in [-0.39, 0.29) is 8.80 Å². The summed E-state index contributed by atoms with van der Waals surface area (Å²) in [6.45, 7) is 4.49. The van der Waals surface area contributed by atoms with Crippen molar-refractivity contribution in [2.75, 3.05) is 0 Å². The van der Waals surface area contributed by atoms with Crippen LogP contribution in [0.2, 0.25) is 13.1 Å². The minimum Gasteiger partial charge on any atom is -0.121 e. The highest BCUT2D eigenvalue weighted by molar-refractivity contribution is 7.69. The fourth-order valence-corrected chi connectivity index (χ4v) is 3.50. The van der Waals surface area contributed by atoms with Gasteiger partial charge in [-0.2, -0.15) is 0 Å². The molecule has 0 aromatic heterocycles. The minimum absolute atomic E-state index is 0.387. The van der Waals surface area contributed by atoms with E-state index in [9.17, 15) is 0 Å². The molecule has 0 unspecified atom stereocenters. The lowest BCUT2D eigenvalue weighted by Gasteiger charge is -2.09. The third kappa shape index (κ3) is 3.29. The highest BCUT2D eigenvalue weighted by atomic mass is 35.8. The van der Waals surface area contributed by atoms with Gasteiger partial charge in [0.25, 0.3) is 0 Å². The molecule has 5 heteroatoms. The zero-order valence-corrected chi connectivity index (χ0v) is 11.7. The Morgan fingerprint density at radius 2 is 1.46 bits per heavy atom. The van der Waals surface area contributed by atoms with Gasteiger partial charge in [-0.3, -0.25) is 0 Å². The zero-order valence-electron chi connectivity index (χ0n) is 7.44. The van der Waals surface area contributed by atoms with Crippen molar-refractivity contribution >= 4 is 58.4 Å². The van der Waals surface area contributed by atoms with Crippen LogP contribution in [0.5, 0.6) is 0 Å². The van der Waals surface area contributed by atoms with Gasteiger partial charge in [-0.15, -0.1) is 33.2 Å². The van der Waals surface area contributed by atoms with Crippen LogP contribution in [0.3, 0.4) is 0 Å². The summed E-state index contributed by atoms with van der Waals surface area (Å²) in [4.78, 5) is 0. The van der Waals surface area contributed by atoms with Gasteiger partial charge in [-0.05, 0) is 5.19 Å². The maximum absolute atomic E-state index is 5.87. The first-order chi connectivity index (χ1) is 5.91. The summed E-state index contributed by atoms with van der Waals surface area (Å²) in [5, 5.41) is 2.24. The fraction of sp³-hybridized carbons (Fsp3) is 0.250. The number of benzene rings is 1. The molecule has 0 spiro atoms. The second-order valence-electron chi connectivity index (χ2n) is 3.08. The van der Waals surface area contributed by atoms with Crippen LogP contribution in [0.1, 0.15) is 0 Å². The van der Waals surface area contributed by atoms with Gasteiger partial charge in [0.2, 0.25) is 0 Å². The Morgan fingerprint density at radius 3 is 1.77 bits per heavy atom. The van der Waals surface area contributed by atoms with Crippen LogP contribution in [0.25, 0.3) is 0 Å². The Bertz CT molecular complexity index is 276. The Labute approximate surface area is 95.5 Å². The monoisotopic (exact) mass is 267 g/mol. The molecule has 0 aliphatic carbocycles. The van der Waals surface area contributed by atoms with E-state index in [1.165, 1.54) is 5.19 Å². The average molecular weight is 269 g/mol. The van der Waals surface area contributed by atoms with Gasteiger partial charge in [-0.1, -0.05) is 42.5 Å². The van der Waals surface area contributed by atoms with E-state index in [0.29, 0.717) is 0 Å². The topological polar surface area (TPSA) is 0 Å². The molecule has 0 saturated heterocycles. The van der Waals surface area contributed by atoms with Crippen molar-refractivity contribution < 1.29 is 0 Å². The molecule has 1 aromatic rings. The van der Waals surface area contributed by atoms with Crippen molar-refractivity contribution in [1.82, 2.24) is 0 Å². The highest BCUT2D eigenvalue weighted by Gasteiger charge is 2.27. The Morgan fingerprint density at radius 1 is 1.00 bits per heavy atom. The van der Waals surface area contributed by atoms with E-state index < -0.39 is 6.00 Å². The first kappa shape index (κ1) is 11.6. The average Bonchev–Trinajstić information content (AvgIpc) is 2.03. The summed E-state index contributed by atoms with van der Waals surface area (Å²) in [7, 11) is -0.387. The van der Waals surface area contributed by atoms with Gasteiger partial charge in [0.1, 0.15) is 0 Å². The first-order valence-corrected chi connectivity index (χ1v) is 11.4. The van der Waals surface area contributed by atoms with Crippen molar-refractivity contribution in [1.29, 1.82) is 0 Å². The molecule has 0 atom stereocenters.